The monoisotopic (exact) mass is 345 g/mol. The highest BCUT2D eigenvalue weighted by Gasteiger charge is 2.17. The van der Waals surface area contributed by atoms with Crippen molar-refractivity contribution in [2.24, 2.45) is 0 Å². The molecule has 0 atom stereocenters. The summed E-state index contributed by atoms with van der Waals surface area (Å²) in [5.41, 5.74) is 2.44. The van der Waals surface area contributed by atoms with Gasteiger partial charge in [-0.2, -0.15) is 0 Å². The van der Waals surface area contributed by atoms with Crippen LogP contribution < -0.4 is 10.1 Å². The summed E-state index contributed by atoms with van der Waals surface area (Å²) in [6.07, 6.45) is 3.97. The summed E-state index contributed by atoms with van der Waals surface area (Å²) >= 11 is 3.68. The van der Waals surface area contributed by atoms with E-state index in [0.29, 0.717) is 12.6 Å². The molecule has 0 aliphatic heterocycles. The molecule has 0 aromatic heterocycles. The molecule has 0 radical (unpaired) electrons. The van der Waals surface area contributed by atoms with Crippen molar-refractivity contribution in [2.45, 2.75) is 38.5 Å². The summed E-state index contributed by atoms with van der Waals surface area (Å²) in [6, 6.07) is 17.2. The Morgan fingerprint density at radius 1 is 1.05 bits per heavy atom. The molecule has 1 fully saturated rings. The molecule has 2 aromatic rings. The molecule has 0 unspecified atom stereocenters. The van der Waals surface area contributed by atoms with E-state index in [1.165, 1.54) is 30.4 Å². The summed E-state index contributed by atoms with van der Waals surface area (Å²) in [4.78, 5) is 0. The number of ether oxygens (including phenoxy) is 1. The third-order valence-corrected chi connectivity index (χ3v) is 4.87. The first-order valence-electron chi connectivity index (χ1n) is 7.50. The Labute approximate surface area is 134 Å². The molecule has 0 heterocycles. The Hall–Kier alpha value is -1.32. The van der Waals surface area contributed by atoms with Gasteiger partial charge in [-0.3, -0.25) is 0 Å². The van der Waals surface area contributed by atoms with Crippen molar-refractivity contribution < 1.29 is 4.74 Å². The van der Waals surface area contributed by atoms with Crippen LogP contribution in [-0.4, -0.2) is 6.04 Å². The van der Waals surface area contributed by atoms with Crippen LogP contribution in [0.2, 0.25) is 0 Å². The molecule has 3 heteroatoms. The number of hydrogen-bond acceptors (Lipinski definition) is 2. The summed E-state index contributed by atoms with van der Waals surface area (Å²) in [5.74, 6) is 0.909. The maximum absolute atomic E-state index is 5.94. The molecule has 0 saturated heterocycles. The maximum atomic E-state index is 5.94. The first-order chi connectivity index (χ1) is 10.3. The number of rotatable bonds is 6. The van der Waals surface area contributed by atoms with Crippen molar-refractivity contribution in [2.75, 3.05) is 0 Å². The van der Waals surface area contributed by atoms with E-state index in [9.17, 15) is 0 Å². The molecule has 1 aliphatic rings. The zero-order valence-corrected chi connectivity index (χ0v) is 13.6. The van der Waals surface area contributed by atoms with E-state index in [4.69, 9.17) is 4.74 Å². The van der Waals surface area contributed by atoms with Crippen LogP contribution >= 0.6 is 15.9 Å². The van der Waals surface area contributed by atoms with Gasteiger partial charge in [-0.1, -0.05) is 48.9 Å². The van der Waals surface area contributed by atoms with Crippen molar-refractivity contribution in [1.29, 1.82) is 0 Å². The Balaban J connectivity index is 1.62. The summed E-state index contributed by atoms with van der Waals surface area (Å²) < 4.78 is 7.00. The molecular weight excluding hydrogens is 326 g/mol. The SMILES string of the molecule is Brc1c(CNC2CCC2)cccc1OCc1ccccc1. The largest absolute Gasteiger partial charge is 0.488 e. The first kappa shape index (κ1) is 14.6. The average molecular weight is 346 g/mol. The van der Waals surface area contributed by atoms with Crippen molar-refractivity contribution in [3.8, 4) is 5.75 Å². The van der Waals surface area contributed by atoms with Gasteiger partial charge in [-0.15, -0.1) is 0 Å². The molecule has 0 amide bonds. The molecular formula is C18H20BrNO. The predicted octanol–water partition coefficient (Wildman–Crippen LogP) is 4.67. The minimum atomic E-state index is 0.596. The Morgan fingerprint density at radius 3 is 2.57 bits per heavy atom. The molecule has 110 valence electrons. The molecule has 21 heavy (non-hydrogen) atoms. The van der Waals surface area contributed by atoms with Crippen LogP contribution in [0.5, 0.6) is 5.75 Å². The normalized spacial score (nSPS) is 14.7. The van der Waals surface area contributed by atoms with Gasteiger partial charge in [0, 0.05) is 12.6 Å². The maximum Gasteiger partial charge on any atom is 0.134 e. The van der Waals surface area contributed by atoms with Crippen LogP contribution in [0, 0.1) is 0 Å². The fraction of sp³-hybridized carbons (Fsp3) is 0.333. The van der Waals surface area contributed by atoms with E-state index in [0.717, 1.165) is 16.8 Å². The van der Waals surface area contributed by atoms with Gasteiger partial charge in [-0.25, -0.2) is 0 Å². The third kappa shape index (κ3) is 3.86. The second-order valence-corrected chi connectivity index (χ2v) is 6.31. The van der Waals surface area contributed by atoms with Crippen molar-refractivity contribution >= 4 is 15.9 Å². The van der Waals surface area contributed by atoms with E-state index in [1.807, 2.05) is 24.3 Å². The fourth-order valence-electron chi connectivity index (χ4n) is 2.41. The van der Waals surface area contributed by atoms with Gasteiger partial charge in [-0.05, 0) is 46.0 Å². The van der Waals surface area contributed by atoms with E-state index < -0.39 is 0 Å². The van der Waals surface area contributed by atoms with Gasteiger partial charge in [0.15, 0.2) is 0 Å². The van der Waals surface area contributed by atoms with Crippen LogP contribution in [-0.2, 0) is 13.2 Å². The summed E-state index contributed by atoms with van der Waals surface area (Å²) in [6.45, 7) is 1.49. The number of halogens is 1. The highest BCUT2D eigenvalue weighted by molar-refractivity contribution is 9.10. The number of benzene rings is 2. The molecule has 3 rings (SSSR count). The van der Waals surface area contributed by atoms with Crippen molar-refractivity contribution in [3.05, 3.63) is 64.1 Å². The lowest BCUT2D eigenvalue weighted by atomic mass is 9.93. The lowest BCUT2D eigenvalue weighted by Gasteiger charge is -2.26. The molecule has 2 aromatic carbocycles. The van der Waals surface area contributed by atoms with E-state index in [2.05, 4.69) is 45.5 Å². The first-order valence-corrected chi connectivity index (χ1v) is 8.30. The predicted molar refractivity (Wildman–Crippen MR) is 89.4 cm³/mol. The third-order valence-electron chi connectivity index (χ3n) is 3.97. The molecule has 1 saturated carbocycles. The molecule has 0 spiro atoms. The van der Waals surface area contributed by atoms with Gasteiger partial charge in [0.2, 0.25) is 0 Å². The molecule has 1 aliphatic carbocycles. The smallest absolute Gasteiger partial charge is 0.134 e. The van der Waals surface area contributed by atoms with Crippen LogP contribution in [0.1, 0.15) is 30.4 Å². The quantitative estimate of drug-likeness (QED) is 0.821. The Morgan fingerprint density at radius 2 is 1.86 bits per heavy atom. The second-order valence-electron chi connectivity index (χ2n) is 5.51. The van der Waals surface area contributed by atoms with Crippen LogP contribution in [0.4, 0.5) is 0 Å². The van der Waals surface area contributed by atoms with Crippen molar-refractivity contribution in [1.82, 2.24) is 5.32 Å². The van der Waals surface area contributed by atoms with E-state index in [-0.39, 0.29) is 0 Å². The van der Waals surface area contributed by atoms with Crippen LogP contribution in [0.25, 0.3) is 0 Å². The summed E-state index contributed by atoms with van der Waals surface area (Å²) in [5, 5.41) is 3.59. The van der Waals surface area contributed by atoms with Gasteiger partial charge in [0.25, 0.3) is 0 Å². The lowest BCUT2D eigenvalue weighted by Crippen LogP contribution is -2.34. The van der Waals surface area contributed by atoms with Gasteiger partial charge < -0.3 is 10.1 Å². The van der Waals surface area contributed by atoms with E-state index in [1.54, 1.807) is 0 Å². The van der Waals surface area contributed by atoms with Crippen LogP contribution in [0.3, 0.4) is 0 Å². The minimum absolute atomic E-state index is 0.596. The van der Waals surface area contributed by atoms with Gasteiger partial charge >= 0.3 is 0 Å². The van der Waals surface area contributed by atoms with Gasteiger partial charge in [0.05, 0.1) is 4.47 Å². The highest BCUT2D eigenvalue weighted by Crippen LogP contribution is 2.30. The standard InChI is InChI=1S/C18H20BrNO/c19-18-15(12-20-16-9-5-10-16)8-4-11-17(18)21-13-14-6-2-1-3-7-14/h1-4,6-8,11,16,20H,5,9-10,12-13H2. The zero-order chi connectivity index (χ0) is 14.5. The molecule has 2 nitrogen and oxygen atoms in total. The topological polar surface area (TPSA) is 21.3 Å². The minimum Gasteiger partial charge on any atom is -0.488 e. The molecule has 0 bridgehead atoms. The van der Waals surface area contributed by atoms with Crippen LogP contribution in [0.15, 0.2) is 53.0 Å². The second kappa shape index (κ2) is 7.10. The fourth-order valence-corrected chi connectivity index (χ4v) is 2.93. The van der Waals surface area contributed by atoms with Gasteiger partial charge in [0.1, 0.15) is 12.4 Å². The highest BCUT2D eigenvalue weighted by atomic mass is 79.9. The average Bonchev–Trinajstić information content (AvgIpc) is 2.47. The summed E-state index contributed by atoms with van der Waals surface area (Å²) in [7, 11) is 0. The Bertz CT molecular complexity index is 581. The number of nitrogens with one attached hydrogen (secondary N) is 1. The number of hydrogen-bond donors (Lipinski definition) is 1. The lowest BCUT2D eigenvalue weighted by molar-refractivity contribution is 0.303. The zero-order valence-electron chi connectivity index (χ0n) is 12.0. The molecule has 1 N–H and O–H groups in total. The van der Waals surface area contributed by atoms with Crippen molar-refractivity contribution in [3.63, 3.8) is 0 Å². The Kier molecular flexibility index (Phi) is 4.94. The van der Waals surface area contributed by atoms with E-state index >= 15 is 0 Å².